The van der Waals surface area contributed by atoms with Crippen LogP contribution >= 0.6 is 11.6 Å². The smallest absolute Gasteiger partial charge is 0.123 e. The van der Waals surface area contributed by atoms with Gasteiger partial charge < -0.3 is 10.5 Å². The van der Waals surface area contributed by atoms with Gasteiger partial charge in [-0.25, -0.2) is 0 Å². The first-order valence-corrected chi connectivity index (χ1v) is 4.54. The summed E-state index contributed by atoms with van der Waals surface area (Å²) in [5.74, 6) is 0.803. The highest BCUT2D eigenvalue weighted by atomic mass is 35.5. The molecule has 1 unspecified atom stereocenters. The molecule has 0 aliphatic heterocycles. The number of methoxy groups -OCH3 is 1. The van der Waals surface area contributed by atoms with Crippen LogP contribution in [0, 0.1) is 6.92 Å². The van der Waals surface area contributed by atoms with Crippen LogP contribution in [0.25, 0.3) is 0 Å². The van der Waals surface area contributed by atoms with Gasteiger partial charge in [-0.05, 0) is 31.5 Å². The molecule has 2 nitrogen and oxygen atoms in total. The second-order valence-electron chi connectivity index (χ2n) is 3.08. The minimum atomic E-state index is -0.0614. The molecule has 2 N–H and O–H groups in total. The molecule has 0 spiro atoms. The molecule has 0 saturated heterocycles. The van der Waals surface area contributed by atoms with Crippen molar-refractivity contribution in [2.24, 2.45) is 5.73 Å². The van der Waals surface area contributed by atoms with Crippen LogP contribution in [0.5, 0.6) is 5.75 Å². The zero-order valence-corrected chi connectivity index (χ0v) is 8.85. The molecular formula is C10H14ClNO. The predicted molar refractivity (Wildman–Crippen MR) is 55.3 cm³/mol. The van der Waals surface area contributed by atoms with Gasteiger partial charge in [-0.1, -0.05) is 11.6 Å². The molecule has 0 bridgehead atoms. The molecule has 0 aromatic heterocycles. The number of halogens is 1. The van der Waals surface area contributed by atoms with Crippen molar-refractivity contribution in [2.75, 3.05) is 7.11 Å². The molecule has 0 aliphatic carbocycles. The number of rotatable bonds is 2. The van der Waals surface area contributed by atoms with Crippen LogP contribution in [0.1, 0.15) is 24.1 Å². The lowest BCUT2D eigenvalue weighted by atomic mass is 10.0. The molecule has 72 valence electrons. The highest BCUT2D eigenvalue weighted by Crippen LogP contribution is 2.31. The minimum Gasteiger partial charge on any atom is -0.496 e. The van der Waals surface area contributed by atoms with Gasteiger partial charge in [0.25, 0.3) is 0 Å². The summed E-state index contributed by atoms with van der Waals surface area (Å²) in [4.78, 5) is 0. The molecule has 0 radical (unpaired) electrons. The molecule has 0 aliphatic rings. The standard InChI is InChI=1S/C10H14ClNO/c1-6-8(11)4-5-9(13-3)10(6)7(2)12/h4-5,7H,12H2,1-3H3. The number of nitrogens with two attached hydrogens (primary N) is 1. The number of hydrogen-bond donors (Lipinski definition) is 1. The van der Waals surface area contributed by atoms with Crippen LogP contribution < -0.4 is 10.5 Å². The molecule has 0 amide bonds. The summed E-state index contributed by atoms with van der Waals surface area (Å²) < 4.78 is 5.20. The van der Waals surface area contributed by atoms with Gasteiger partial charge in [0.05, 0.1) is 7.11 Å². The Kier molecular flexibility index (Phi) is 3.17. The molecule has 1 aromatic rings. The highest BCUT2D eigenvalue weighted by molar-refractivity contribution is 6.31. The van der Waals surface area contributed by atoms with Crippen LogP contribution in [-0.4, -0.2) is 7.11 Å². The van der Waals surface area contributed by atoms with E-state index in [4.69, 9.17) is 22.1 Å². The van der Waals surface area contributed by atoms with Crippen LogP contribution in [0.2, 0.25) is 5.02 Å². The molecule has 13 heavy (non-hydrogen) atoms. The van der Waals surface area contributed by atoms with E-state index in [2.05, 4.69) is 0 Å². The number of benzene rings is 1. The van der Waals surface area contributed by atoms with Crippen LogP contribution in [0.15, 0.2) is 12.1 Å². The minimum absolute atomic E-state index is 0.0614. The van der Waals surface area contributed by atoms with Crippen molar-refractivity contribution < 1.29 is 4.74 Å². The zero-order valence-electron chi connectivity index (χ0n) is 8.10. The molecule has 1 atom stereocenters. The van der Waals surface area contributed by atoms with E-state index >= 15 is 0 Å². The van der Waals surface area contributed by atoms with Gasteiger partial charge in [0.15, 0.2) is 0 Å². The van der Waals surface area contributed by atoms with Gasteiger partial charge in [0, 0.05) is 16.6 Å². The molecule has 0 fully saturated rings. The van der Waals surface area contributed by atoms with Gasteiger partial charge in [0.1, 0.15) is 5.75 Å². The van der Waals surface area contributed by atoms with Gasteiger partial charge >= 0.3 is 0 Å². The summed E-state index contributed by atoms with van der Waals surface area (Å²) in [5.41, 5.74) is 7.80. The third kappa shape index (κ3) is 1.95. The Morgan fingerprint density at radius 2 is 2.08 bits per heavy atom. The Hall–Kier alpha value is -0.730. The van der Waals surface area contributed by atoms with Crippen molar-refractivity contribution >= 4 is 11.6 Å². The van der Waals surface area contributed by atoms with Crippen molar-refractivity contribution in [2.45, 2.75) is 19.9 Å². The lowest BCUT2D eigenvalue weighted by Crippen LogP contribution is -2.09. The van der Waals surface area contributed by atoms with Gasteiger partial charge in [-0.2, -0.15) is 0 Å². The Bertz CT molecular complexity index is 310. The topological polar surface area (TPSA) is 35.2 Å². The maximum Gasteiger partial charge on any atom is 0.123 e. The van der Waals surface area contributed by atoms with Gasteiger partial charge in [-0.3, -0.25) is 0 Å². The maximum absolute atomic E-state index is 5.98. The lowest BCUT2D eigenvalue weighted by molar-refractivity contribution is 0.406. The van der Waals surface area contributed by atoms with Crippen molar-refractivity contribution in [3.63, 3.8) is 0 Å². The van der Waals surface area contributed by atoms with E-state index in [0.717, 1.165) is 21.9 Å². The zero-order chi connectivity index (χ0) is 10.0. The van der Waals surface area contributed by atoms with Crippen molar-refractivity contribution in [3.8, 4) is 5.75 Å². The fourth-order valence-corrected chi connectivity index (χ4v) is 1.59. The largest absolute Gasteiger partial charge is 0.496 e. The fourth-order valence-electron chi connectivity index (χ4n) is 1.42. The van der Waals surface area contributed by atoms with Crippen molar-refractivity contribution in [1.29, 1.82) is 0 Å². The molecule has 0 saturated carbocycles. The molecule has 1 aromatic carbocycles. The second kappa shape index (κ2) is 3.99. The fraction of sp³-hybridized carbons (Fsp3) is 0.400. The van der Waals surface area contributed by atoms with E-state index in [9.17, 15) is 0 Å². The summed E-state index contributed by atoms with van der Waals surface area (Å²) >= 11 is 5.98. The van der Waals surface area contributed by atoms with E-state index in [0.29, 0.717) is 0 Å². The summed E-state index contributed by atoms with van der Waals surface area (Å²) in [6, 6.07) is 3.60. The SMILES string of the molecule is COc1ccc(Cl)c(C)c1C(C)N. The third-order valence-electron chi connectivity index (χ3n) is 2.08. The molecule has 3 heteroatoms. The van der Waals surface area contributed by atoms with Crippen molar-refractivity contribution in [3.05, 3.63) is 28.3 Å². The molecule has 0 heterocycles. The van der Waals surface area contributed by atoms with Gasteiger partial charge in [-0.15, -0.1) is 0 Å². The van der Waals surface area contributed by atoms with E-state index in [1.54, 1.807) is 7.11 Å². The van der Waals surface area contributed by atoms with Crippen LogP contribution in [0.3, 0.4) is 0 Å². The molecule has 1 rings (SSSR count). The van der Waals surface area contributed by atoms with E-state index < -0.39 is 0 Å². The number of ether oxygens (including phenoxy) is 1. The average molecular weight is 200 g/mol. The van der Waals surface area contributed by atoms with E-state index in [-0.39, 0.29) is 6.04 Å². The Morgan fingerprint density at radius 1 is 1.46 bits per heavy atom. The predicted octanol–water partition coefficient (Wildman–Crippen LogP) is 2.68. The Balaban J connectivity index is 3.32. The lowest BCUT2D eigenvalue weighted by Gasteiger charge is -2.15. The van der Waals surface area contributed by atoms with Crippen LogP contribution in [-0.2, 0) is 0 Å². The highest BCUT2D eigenvalue weighted by Gasteiger charge is 2.12. The Labute approximate surface area is 83.6 Å². The quantitative estimate of drug-likeness (QED) is 0.795. The Morgan fingerprint density at radius 3 is 2.54 bits per heavy atom. The van der Waals surface area contributed by atoms with Crippen molar-refractivity contribution in [1.82, 2.24) is 0 Å². The van der Waals surface area contributed by atoms with E-state index in [1.807, 2.05) is 26.0 Å². The van der Waals surface area contributed by atoms with Gasteiger partial charge in [0.2, 0.25) is 0 Å². The first-order chi connectivity index (χ1) is 6.07. The summed E-state index contributed by atoms with van der Waals surface area (Å²) in [5, 5.41) is 0.730. The maximum atomic E-state index is 5.98. The summed E-state index contributed by atoms with van der Waals surface area (Å²) in [6.07, 6.45) is 0. The second-order valence-corrected chi connectivity index (χ2v) is 3.48. The summed E-state index contributed by atoms with van der Waals surface area (Å²) in [6.45, 7) is 3.87. The first kappa shape index (κ1) is 10.4. The van der Waals surface area contributed by atoms with E-state index in [1.165, 1.54) is 0 Å². The first-order valence-electron chi connectivity index (χ1n) is 4.16. The normalized spacial score (nSPS) is 12.7. The van der Waals surface area contributed by atoms with Crippen LogP contribution in [0.4, 0.5) is 0 Å². The summed E-state index contributed by atoms with van der Waals surface area (Å²) in [7, 11) is 1.63. The average Bonchev–Trinajstić information content (AvgIpc) is 2.08. The number of hydrogen-bond acceptors (Lipinski definition) is 2. The third-order valence-corrected chi connectivity index (χ3v) is 2.49. The monoisotopic (exact) mass is 199 g/mol. The molecular weight excluding hydrogens is 186 g/mol.